The van der Waals surface area contributed by atoms with Gasteiger partial charge in [-0.3, -0.25) is 0 Å². The minimum absolute atomic E-state index is 0.0456. The number of nitrogens with two attached hydrogens (primary N) is 1. The van der Waals surface area contributed by atoms with E-state index in [1.54, 1.807) is 11.3 Å². The van der Waals surface area contributed by atoms with Crippen LogP contribution in [0.5, 0.6) is 0 Å². The molecule has 1 fully saturated rings. The molecule has 0 aliphatic heterocycles. The SMILES string of the molecule is CC1(C)CCC(CN)(Cc2nc3ccccc3s2)C1O. The lowest BCUT2D eigenvalue weighted by Gasteiger charge is -2.35. The molecule has 20 heavy (non-hydrogen) atoms. The molecule has 3 nitrogen and oxygen atoms in total. The van der Waals surface area contributed by atoms with E-state index < -0.39 is 0 Å². The maximum atomic E-state index is 10.7. The van der Waals surface area contributed by atoms with Crippen LogP contribution in [0.4, 0.5) is 0 Å². The van der Waals surface area contributed by atoms with Crippen molar-refractivity contribution in [1.82, 2.24) is 4.98 Å². The van der Waals surface area contributed by atoms with Crippen LogP contribution in [0.25, 0.3) is 10.2 Å². The zero-order valence-corrected chi connectivity index (χ0v) is 12.9. The molecule has 0 saturated heterocycles. The minimum atomic E-state index is -0.355. The van der Waals surface area contributed by atoms with Gasteiger partial charge in [-0.05, 0) is 30.4 Å². The van der Waals surface area contributed by atoms with E-state index in [-0.39, 0.29) is 16.9 Å². The number of benzene rings is 1. The summed E-state index contributed by atoms with van der Waals surface area (Å²) in [5, 5.41) is 11.8. The Bertz CT molecular complexity index is 589. The largest absolute Gasteiger partial charge is 0.392 e. The molecule has 1 saturated carbocycles. The lowest BCUT2D eigenvalue weighted by atomic mass is 9.76. The molecule has 3 rings (SSSR count). The number of hydrogen-bond acceptors (Lipinski definition) is 4. The molecule has 1 aliphatic carbocycles. The topological polar surface area (TPSA) is 59.1 Å². The van der Waals surface area contributed by atoms with Gasteiger partial charge in [0.15, 0.2) is 0 Å². The molecule has 1 aliphatic rings. The van der Waals surface area contributed by atoms with Gasteiger partial charge in [-0.1, -0.05) is 26.0 Å². The van der Waals surface area contributed by atoms with Crippen LogP contribution in [0, 0.1) is 10.8 Å². The van der Waals surface area contributed by atoms with Crippen molar-refractivity contribution in [3.63, 3.8) is 0 Å². The van der Waals surface area contributed by atoms with Crippen LogP contribution >= 0.6 is 11.3 Å². The molecule has 108 valence electrons. The Morgan fingerprint density at radius 3 is 2.70 bits per heavy atom. The molecular formula is C16H22N2OS. The highest BCUT2D eigenvalue weighted by molar-refractivity contribution is 7.18. The van der Waals surface area contributed by atoms with Gasteiger partial charge < -0.3 is 10.8 Å². The smallest absolute Gasteiger partial charge is 0.0945 e. The Morgan fingerprint density at radius 2 is 2.10 bits per heavy atom. The fourth-order valence-corrected chi connectivity index (χ4v) is 4.56. The van der Waals surface area contributed by atoms with Gasteiger partial charge in [-0.15, -0.1) is 11.3 Å². The van der Waals surface area contributed by atoms with Gasteiger partial charge in [0, 0.05) is 18.4 Å². The predicted molar refractivity (Wildman–Crippen MR) is 83.8 cm³/mol. The van der Waals surface area contributed by atoms with Crippen molar-refractivity contribution in [3.05, 3.63) is 29.3 Å². The number of aliphatic hydroxyl groups is 1. The summed E-state index contributed by atoms with van der Waals surface area (Å²) in [4.78, 5) is 4.70. The van der Waals surface area contributed by atoms with E-state index in [4.69, 9.17) is 10.7 Å². The third kappa shape index (κ3) is 2.16. The Labute approximate surface area is 123 Å². The van der Waals surface area contributed by atoms with Crippen molar-refractivity contribution in [2.24, 2.45) is 16.6 Å². The van der Waals surface area contributed by atoms with Gasteiger partial charge in [-0.25, -0.2) is 4.98 Å². The first-order chi connectivity index (χ1) is 9.47. The van der Waals surface area contributed by atoms with E-state index in [9.17, 15) is 5.11 Å². The Hall–Kier alpha value is -0.970. The van der Waals surface area contributed by atoms with Crippen molar-refractivity contribution < 1.29 is 5.11 Å². The maximum Gasteiger partial charge on any atom is 0.0945 e. The summed E-state index contributed by atoms with van der Waals surface area (Å²) in [6.45, 7) is 4.79. The Kier molecular flexibility index (Phi) is 3.35. The quantitative estimate of drug-likeness (QED) is 0.913. The molecule has 1 aromatic carbocycles. The third-order valence-electron chi connectivity index (χ3n) is 4.84. The van der Waals surface area contributed by atoms with Crippen LogP contribution in [-0.2, 0) is 6.42 Å². The van der Waals surface area contributed by atoms with Gasteiger partial charge in [-0.2, -0.15) is 0 Å². The molecule has 1 heterocycles. The van der Waals surface area contributed by atoms with E-state index in [1.165, 1.54) is 4.70 Å². The number of rotatable bonds is 3. The highest BCUT2D eigenvalue weighted by Crippen LogP contribution is 2.50. The second-order valence-corrected chi connectivity index (χ2v) is 7.82. The van der Waals surface area contributed by atoms with Crippen LogP contribution in [-0.4, -0.2) is 22.7 Å². The number of thiazole rings is 1. The first-order valence-corrected chi connectivity index (χ1v) is 8.01. The summed E-state index contributed by atoms with van der Waals surface area (Å²) in [6, 6.07) is 8.19. The van der Waals surface area contributed by atoms with Crippen molar-refractivity contribution in [2.45, 2.75) is 39.2 Å². The molecule has 0 radical (unpaired) electrons. The molecule has 0 bridgehead atoms. The molecule has 2 atom stereocenters. The van der Waals surface area contributed by atoms with Gasteiger partial charge in [0.1, 0.15) is 0 Å². The zero-order valence-electron chi connectivity index (χ0n) is 12.1. The zero-order chi connectivity index (χ0) is 14.4. The monoisotopic (exact) mass is 290 g/mol. The molecule has 0 amide bonds. The summed E-state index contributed by atoms with van der Waals surface area (Å²) < 4.78 is 1.21. The molecule has 2 unspecified atom stereocenters. The van der Waals surface area contributed by atoms with Crippen molar-refractivity contribution in [3.8, 4) is 0 Å². The second-order valence-electron chi connectivity index (χ2n) is 6.71. The molecule has 1 aromatic heterocycles. The summed E-state index contributed by atoms with van der Waals surface area (Å²) in [5.41, 5.74) is 6.83. The Balaban J connectivity index is 1.92. The summed E-state index contributed by atoms with van der Waals surface area (Å²) in [6.07, 6.45) is 2.43. The number of fused-ring (bicyclic) bond motifs is 1. The van der Waals surface area contributed by atoms with Crippen molar-refractivity contribution in [2.75, 3.05) is 6.54 Å². The fourth-order valence-electron chi connectivity index (χ4n) is 3.44. The van der Waals surface area contributed by atoms with Crippen LogP contribution in [0.3, 0.4) is 0 Å². The predicted octanol–water partition coefficient (Wildman–Crippen LogP) is 2.96. The molecule has 0 spiro atoms. The van der Waals surface area contributed by atoms with E-state index >= 15 is 0 Å². The number of hydrogen-bond donors (Lipinski definition) is 2. The first-order valence-electron chi connectivity index (χ1n) is 7.19. The average molecular weight is 290 g/mol. The number of para-hydroxylation sites is 1. The molecular weight excluding hydrogens is 268 g/mol. The van der Waals surface area contributed by atoms with Gasteiger partial charge in [0.05, 0.1) is 21.3 Å². The summed E-state index contributed by atoms with van der Waals surface area (Å²) in [5.74, 6) is 0. The Morgan fingerprint density at radius 1 is 1.35 bits per heavy atom. The second kappa shape index (κ2) is 4.79. The van der Waals surface area contributed by atoms with Crippen LogP contribution in [0.15, 0.2) is 24.3 Å². The summed E-state index contributed by atoms with van der Waals surface area (Å²) >= 11 is 1.72. The van der Waals surface area contributed by atoms with Crippen LogP contribution < -0.4 is 5.73 Å². The lowest BCUT2D eigenvalue weighted by molar-refractivity contribution is -0.00463. The molecule has 2 aromatic rings. The third-order valence-corrected chi connectivity index (χ3v) is 5.87. The van der Waals surface area contributed by atoms with Crippen molar-refractivity contribution in [1.29, 1.82) is 0 Å². The van der Waals surface area contributed by atoms with Gasteiger partial charge in [0.25, 0.3) is 0 Å². The van der Waals surface area contributed by atoms with E-state index in [0.29, 0.717) is 6.54 Å². The lowest BCUT2D eigenvalue weighted by Crippen LogP contribution is -2.44. The molecule has 4 heteroatoms. The van der Waals surface area contributed by atoms with E-state index in [0.717, 1.165) is 29.8 Å². The highest BCUT2D eigenvalue weighted by Gasteiger charge is 2.51. The average Bonchev–Trinajstić information content (AvgIpc) is 2.93. The number of aromatic nitrogens is 1. The number of nitrogens with zero attached hydrogens (tertiary/aromatic N) is 1. The van der Waals surface area contributed by atoms with E-state index in [2.05, 4.69) is 19.9 Å². The van der Waals surface area contributed by atoms with Gasteiger partial charge in [0.2, 0.25) is 0 Å². The minimum Gasteiger partial charge on any atom is -0.392 e. The van der Waals surface area contributed by atoms with E-state index in [1.807, 2.05) is 18.2 Å². The van der Waals surface area contributed by atoms with Crippen LogP contribution in [0.1, 0.15) is 31.7 Å². The highest BCUT2D eigenvalue weighted by atomic mass is 32.1. The standard InChI is InChI=1S/C16H22N2OS/c1-15(2)7-8-16(10-17,14(15)19)9-13-18-11-5-3-4-6-12(11)20-13/h3-6,14,19H,7-10,17H2,1-2H3. The first kappa shape index (κ1) is 14.0. The van der Waals surface area contributed by atoms with Gasteiger partial charge >= 0.3 is 0 Å². The maximum absolute atomic E-state index is 10.7. The number of aliphatic hydroxyl groups excluding tert-OH is 1. The molecule has 3 N–H and O–H groups in total. The van der Waals surface area contributed by atoms with Crippen molar-refractivity contribution >= 4 is 21.6 Å². The normalized spacial score (nSPS) is 29.1. The summed E-state index contributed by atoms with van der Waals surface area (Å²) in [7, 11) is 0. The van der Waals surface area contributed by atoms with Crippen LogP contribution in [0.2, 0.25) is 0 Å². The fraction of sp³-hybridized carbons (Fsp3) is 0.562.